The summed E-state index contributed by atoms with van der Waals surface area (Å²) in [6.07, 6.45) is 9.88. The van der Waals surface area contributed by atoms with Gasteiger partial charge in [-0.1, -0.05) is 13.3 Å². The Morgan fingerprint density at radius 3 is 2.35 bits per heavy atom. The molecule has 1 saturated heterocycles. The van der Waals surface area contributed by atoms with Gasteiger partial charge in [0.1, 0.15) is 0 Å². The van der Waals surface area contributed by atoms with Gasteiger partial charge in [0.2, 0.25) is 0 Å². The number of hydrogen-bond acceptors (Lipinski definition) is 2. The van der Waals surface area contributed by atoms with Crippen molar-refractivity contribution in [2.24, 2.45) is 23.5 Å². The zero-order valence-electron chi connectivity index (χ0n) is 11.5. The first-order valence-corrected chi connectivity index (χ1v) is 7.74. The molecular formula is C15H30N2. The van der Waals surface area contributed by atoms with Crippen molar-refractivity contribution in [3.63, 3.8) is 0 Å². The van der Waals surface area contributed by atoms with Crippen molar-refractivity contribution in [2.75, 3.05) is 26.2 Å². The first kappa shape index (κ1) is 13.4. The maximum atomic E-state index is 5.76. The molecule has 17 heavy (non-hydrogen) atoms. The maximum Gasteiger partial charge on any atom is 0.000978 e. The molecule has 100 valence electrons. The molecule has 0 aromatic carbocycles. The third-order valence-electron chi connectivity index (χ3n) is 5.00. The van der Waals surface area contributed by atoms with Crippen LogP contribution in [0, 0.1) is 17.8 Å². The molecule has 0 amide bonds. The molecule has 2 rings (SSSR count). The van der Waals surface area contributed by atoms with Crippen molar-refractivity contribution in [2.45, 2.75) is 51.9 Å². The minimum Gasteiger partial charge on any atom is -0.330 e. The Labute approximate surface area is 107 Å². The number of rotatable bonds is 4. The summed E-state index contributed by atoms with van der Waals surface area (Å²) in [4.78, 5) is 2.74. The molecule has 2 nitrogen and oxygen atoms in total. The van der Waals surface area contributed by atoms with Crippen LogP contribution in [0.15, 0.2) is 0 Å². The van der Waals surface area contributed by atoms with E-state index in [0.29, 0.717) is 0 Å². The van der Waals surface area contributed by atoms with Crippen LogP contribution in [0.1, 0.15) is 51.9 Å². The average molecular weight is 238 g/mol. The lowest BCUT2D eigenvalue weighted by Crippen LogP contribution is -2.39. The molecule has 1 atom stereocenters. The quantitative estimate of drug-likeness (QED) is 0.816. The predicted molar refractivity (Wildman–Crippen MR) is 74.0 cm³/mol. The van der Waals surface area contributed by atoms with Crippen LogP contribution in [0.4, 0.5) is 0 Å². The van der Waals surface area contributed by atoms with Crippen LogP contribution in [-0.4, -0.2) is 31.1 Å². The maximum absolute atomic E-state index is 5.76. The molecule has 0 radical (unpaired) electrons. The second-order valence-corrected chi connectivity index (χ2v) is 6.30. The van der Waals surface area contributed by atoms with Gasteiger partial charge < -0.3 is 10.6 Å². The summed E-state index contributed by atoms with van der Waals surface area (Å²) in [5.74, 6) is 2.77. The first-order chi connectivity index (χ1) is 8.31. The number of nitrogens with zero attached hydrogens (tertiary/aromatic N) is 1. The van der Waals surface area contributed by atoms with E-state index in [1.807, 2.05) is 0 Å². The summed E-state index contributed by atoms with van der Waals surface area (Å²) >= 11 is 0. The fourth-order valence-corrected chi connectivity index (χ4v) is 3.67. The van der Waals surface area contributed by atoms with Crippen LogP contribution in [0.2, 0.25) is 0 Å². The number of piperidine rings is 1. The van der Waals surface area contributed by atoms with Gasteiger partial charge in [0.25, 0.3) is 0 Å². The average Bonchev–Trinajstić information content (AvgIpc) is 2.40. The summed E-state index contributed by atoms with van der Waals surface area (Å²) < 4.78 is 0. The van der Waals surface area contributed by atoms with Crippen LogP contribution in [0.5, 0.6) is 0 Å². The Morgan fingerprint density at radius 2 is 1.71 bits per heavy atom. The smallest absolute Gasteiger partial charge is 0.000978 e. The molecular weight excluding hydrogens is 208 g/mol. The van der Waals surface area contributed by atoms with Gasteiger partial charge in [-0.15, -0.1) is 0 Å². The van der Waals surface area contributed by atoms with Crippen LogP contribution in [0.3, 0.4) is 0 Å². The standard InChI is InChI=1S/C15H30N2/c1-2-13-4-3-9-17(11-13)12-15-7-5-14(10-16)6-8-15/h13-15H,2-12,16H2,1H3. The van der Waals surface area contributed by atoms with Crippen LogP contribution < -0.4 is 5.73 Å². The minimum absolute atomic E-state index is 0.830. The van der Waals surface area contributed by atoms with E-state index < -0.39 is 0 Å². The van der Waals surface area contributed by atoms with E-state index in [0.717, 1.165) is 24.3 Å². The minimum atomic E-state index is 0.830. The van der Waals surface area contributed by atoms with Gasteiger partial charge in [-0.3, -0.25) is 0 Å². The molecule has 1 aliphatic heterocycles. The van der Waals surface area contributed by atoms with Crippen molar-refractivity contribution in [3.05, 3.63) is 0 Å². The number of likely N-dealkylation sites (tertiary alicyclic amines) is 1. The lowest BCUT2D eigenvalue weighted by Gasteiger charge is -2.36. The Kier molecular flexibility index (Phi) is 5.30. The second kappa shape index (κ2) is 6.75. The van der Waals surface area contributed by atoms with Gasteiger partial charge in [0, 0.05) is 13.1 Å². The molecule has 1 aliphatic carbocycles. The van der Waals surface area contributed by atoms with Gasteiger partial charge >= 0.3 is 0 Å². The highest BCUT2D eigenvalue weighted by Crippen LogP contribution is 2.30. The van der Waals surface area contributed by atoms with Crippen molar-refractivity contribution in [1.82, 2.24) is 4.90 Å². The van der Waals surface area contributed by atoms with Crippen molar-refractivity contribution in [1.29, 1.82) is 0 Å². The monoisotopic (exact) mass is 238 g/mol. The summed E-state index contributed by atoms with van der Waals surface area (Å²) in [6.45, 7) is 7.35. The molecule has 1 unspecified atom stereocenters. The largest absolute Gasteiger partial charge is 0.330 e. The highest BCUT2D eigenvalue weighted by atomic mass is 15.1. The van der Waals surface area contributed by atoms with E-state index in [4.69, 9.17) is 5.73 Å². The van der Waals surface area contributed by atoms with Gasteiger partial charge in [0.15, 0.2) is 0 Å². The molecule has 2 N–H and O–H groups in total. The van der Waals surface area contributed by atoms with Crippen LogP contribution in [0.25, 0.3) is 0 Å². The van der Waals surface area contributed by atoms with Crippen LogP contribution in [-0.2, 0) is 0 Å². The molecule has 0 bridgehead atoms. The molecule has 2 heteroatoms. The highest BCUT2D eigenvalue weighted by molar-refractivity contribution is 4.78. The molecule has 1 saturated carbocycles. The molecule has 1 heterocycles. The van der Waals surface area contributed by atoms with Gasteiger partial charge in [-0.05, 0) is 69.4 Å². The highest BCUT2D eigenvalue weighted by Gasteiger charge is 2.24. The van der Waals surface area contributed by atoms with E-state index in [1.165, 1.54) is 64.6 Å². The summed E-state index contributed by atoms with van der Waals surface area (Å²) in [7, 11) is 0. The summed E-state index contributed by atoms with van der Waals surface area (Å²) in [5, 5.41) is 0. The third-order valence-corrected chi connectivity index (χ3v) is 5.00. The summed E-state index contributed by atoms with van der Waals surface area (Å²) in [6, 6.07) is 0. The predicted octanol–water partition coefficient (Wildman–Crippen LogP) is 2.87. The van der Waals surface area contributed by atoms with Crippen molar-refractivity contribution in [3.8, 4) is 0 Å². The molecule has 2 aliphatic rings. The fraction of sp³-hybridized carbons (Fsp3) is 1.00. The van der Waals surface area contributed by atoms with E-state index in [-0.39, 0.29) is 0 Å². The Balaban J connectivity index is 1.70. The number of nitrogens with two attached hydrogens (primary N) is 1. The van der Waals surface area contributed by atoms with Gasteiger partial charge in [-0.25, -0.2) is 0 Å². The number of hydrogen-bond donors (Lipinski definition) is 1. The van der Waals surface area contributed by atoms with E-state index in [1.54, 1.807) is 0 Å². The van der Waals surface area contributed by atoms with E-state index >= 15 is 0 Å². The second-order valence-electron chi connectivity index (χ2n) is 6.30. The molecule has 0 spiro atoms. The van der Waals surface area contributed by atoms with Gasteiger partial charge in [-0.2, -0.15) is 0 Å². The molecule has 2 fully saturated rings. The van der Waals surface area contributed by atoms with E-state index in [2.05, 4.69) is 11.8 Å². The molecule has 0 aromatic rings. The normalized spacial score (nSPS) is 36.0. The lowest BCUT2D eigenvalue weighted by atomic mass is 9.81. The van der Waals surface area contributed by atoms with Crippen molar-refractivity contribution < 1.29 is 0 Å². The van der Waals surface area contributed by atoms with Crippen molar-refractivity contribution >= 4 is 0 Å². The first-order valence-electron chi connectivity index (χ1n) is 7.74. The zero-order valence-corrected chi connectivity index (χ0v) is 11.5. The Morgan fingerprint density at radius 1 is 1.00 bits per heavy atom. The molecule has 0 aromatic heterocycles. The topological polar surface area (TPSA) is 29.3 Å². The SMILES string of the molecule is CCC1CCCN(CC2CCC(CN)CC2)C1. The summed E-state index contributed by atoms with van der Waals surface area (Å²) in [5.41, 5.74) is 5.76. The Bertz CT molecular complexity index is 209. The zero-order chi connectivity index (χ0) is 12.1. The van der Waals surface area contributed by atoms with Gasteiger partial charge in [0.05, 0.1) is 0 Å². The van der Waals surface area contributed by atoms with E-state index in [9.17, 15) is 0 Å². The third kappa shape index (κ3) is 3.96. The fourth-order valence-electron chi connectivity index (χ4n) is 3.67. The Hall–Kier alpha value is -0.0800. The van der Waals surface area contributed by atoms with Crippen LogP contribution >= 0.6 is 0 Å². The lowest BCUT2D eigenvalue weighted by molar-refractivity contribution is 0.128.